The van der Waals surface area contributed by atoms with Gasteiger partial charge in [-0.25, -0.2) is 0 Å². The summed E-state index contributed by atoms with van der Waals surface area (Å²) in [5.41, 5.74) is 7.63. The summed E-state index contributed by atoms with van der Waals surface area (Å²) in [5.74, 6) is 1.28. The predicted molar refractivity (Wildman–Crippen MR) is 93.4 cm³/mol. The van der Waals surface area contributed by atoms with Crippen LogP contribution in [0.5, 0.6) is 0 Å². The zero-order valence-electron chi connectivity index (χ0n) is 13.6. The van der Waals surface area contributed by atoms with Crippen LogP contribution >= 0.6 is 11.8 Å². The Morgan fingerprint density at radius 3 is 2.70 bits per heavy atom. The van der Waals surface area contributed by atoms with E-state index in [2.05, 4.69) is 27.0 Å². The second-order valence-electron chi connectivity index (χ2n) is 5.29. The van der Waals surface area contributed by atoms with Crippen LogP contribution in [0.4, 0.5) is 5.69 Å². The van der Waals surface area contributed by atoms with Crippen molar-refractivity contribution in [2.24, 2.45) is 0 Å². The van der Waals surface area contributed by atoms with E-state index in [0.29, 0.717) is 12.3 Å². The van der Waals surface area contributed by atoms with Gasteiger partial charge in [0.25, 0.3) is 0 Å². The number of thioether (sulfide) groups is 1. The lowest BCUT2D eigenvalue weighted by molar-refractivity contribution is -0.118. The molecule has 0 unspecified atom stereocenters. The third-order valence-corrected chi connectivity index (χ3v) is 4.45. The second kappa shape index (κ2) is 8.57. The average molecular weight is 333 g/mol. The van der Waals surface area contributed by atoms with Gasteiger partial charge in [-0.3, -0.25) is 4.79 Å². The van der Waals surface area contributed by atoms with Gasteiger partial charge < -0.3 is 15.6 Å². The van der Waals surface area contributed by atoms with Gasteiger partial charge in [-0.1, -0.05) is 37.2 Å². The maximum atomic E-state index is 11.5. The molecule has 0 atom stereocenters. The number of rotatable bonds is 8. The van der Waals surface area contributed by atoms with Gasteiger partial charge in [-0.15, -0.1) is 10.2 Å². The summed E-state index contributed by atoms with van der Waals surface area (Å²) >= 11 is 1.41. The highest BCUT2D eigenvalue weighted by atomic mass is 32.2. The molecular weight excluding hydrogens is 310 g/mol. The highest BCUT2D eigenvalue weighted by Crippen LogP contribution is 2.20. The van der Waals surface area contributed by atoms with Crippen LogP contribution in [0.1, 0.15) is 31.2 Å². The fourth-order valence-corrected chi connectivity index (χ4v) is 2.94. The maximum Gasteiger partial charge on any atom is 0.230 e. The number of nitrogens with zero attached hydrogens (tertiary/aromatic N) is 3. The van der Waals surface area contributed by atoms with Crippen molar-refractivity contribution in [3.8, 4) is 0 Å². The van der Waals surface area contributed by atoms with Crippen molar-refractivity contribution in [3.05, 3.63) is 35.7 Å². The Labute approximate surface area is 140 Å². The first-order valence-corrected chi connectivity index (χ1v) is 8.72. The van der Waals surface area contributed by atoms with Crippen LogP contribution in [0, 0.1) is 0 Å². The zero-order valence-corrected chi connectivity index (χ0v) is 14.4. The van der Waals surface area contributed by atoms with Crippen LogP contribution in [0.15, 0.2) is 29.4 Å². The summed E-state index contributed by atoms with van der Waals surface area (Å²) < 4.78 is 2.09. The third kappa shape index (κ3) is 4.99. The molecule has 124 valence electrons. The van der Waals surface area contributed by atoms with Gasteiger partial charge in [0.2, 0.25) is 5.91 Å². The molecule has 7 heteroatoms. The van der Waals surface area contributed by atoms with E-state index in [0.717, 1.165) is 41.5 Å². The first-order chi connectivity index (χ1) is 11.1. The summed E-state index contributed by atoms with van der Waals surface area (Å²) in [4.78, 5) is 11.5. The van der Waals surface area contributed by atoms with Crippen molar-refractivity contribution in [1.29, 1.82) is 0 Å². The largest absolute Gasteiger partial charge is 0.399 e. The third-order valence-electron chi connectivity index (χ3n) is 3.48. The molecule has 0 bridgehead atoms. The minimum Gasteiger partial charge on any atom is -0.399 e. The van der Waals surface area contributed by atoms with Crippen molar-refractivity contribution in [1.82, 2.24) is 20.1 Å². The van der Waals surface area contributed by atoms with Crippen molar-refractivity contribution in [3.63, 3.8) is 0 Å². The van der Waals surface area contributed by atoms with E-state index in [4.69, 9.17) is 5.73 Å². The van der Waals surface area contributed by atoms with Gasteiger partial charge in [0.1, 0.15) is 5.82 Å². The molecule has 1 aromatic heterocycles. The molecule has 0 radical (unpaired) electrons. The fraction of sp³-hybridized carbons (Fsp3) is 0.438. The second-order valence-corrected chi connectivity index (χ2v) is 6.23. The van der Waals surface area contributed by atoms with Gasteiger partial charge in [0, 0.05) is 19.2 Å². The summed E-state index contributed by atoms with van der Waals surface area (Å²) in [6.45, 7) is 2.84. The van der Waals surface area contributed by atoms with Crippen molar-refractivity contribution in [2.75, 3.05) is 18.5 Å². The zero-order chi connectivity index (χ0) is 16.7. The molecule has 0 aliphatic carbocycles. The number of nitrogen functional groups attached to an aromatic ring is 1. The topological polar surface area (TPSA) is 85.8 Å². The SMILES string of the molecule is CCCCc1nnc(SCC(=O)NC)n1Cc1ccc(N)cc1. The number of benzene rings is 1. The van der Waals surface area contributed by atoms with Crippen LogP contribution < -0.4 is 11.1 Å². The molecule has 0 spiro atoms. The highest BCUT2D eigenvalue weighted by Gasteiger charge is 2.14. The molecule has 1 heterocycles. The maximum absolute atomic E-state index is 11.5. The molecule has 1 amide bonds. The molecule has 0 fully saturated rings. The number of unbranched alkanes of at least 4 members (excludes halogenated alkanes) is 1. The number of hydrogen-bond acceptors (Lipinski definition) is 5. The number of carbonyl (C=O) groups excluding carboxylic acids is 1. The fourth-order valence-electron chi connectivity index (χ4n) is 2.11. The van der Waals surface area contributed by atoms with Crippen LogP contribution in [0.25, 0.3) is 0 Å². The summed E-state index contributed by atoms with van der Waals surface area (Å²) in [5, 5.41) is 12.0. The van der Waals surface area contributed by atoms with Gasteiger partial charge >= 0.3 is 0 Å². The minimum absolute atomic E-state index is 0.0212. The molecule has 3 N–H and O–H groups in total. The number of amides is 1. The van der Waals surface area contributed by atoms with E-state index < -0.39 is 0 Å². The number of hydrogen-bond donors (Lipinski definition) is 2. The van der Waals surface area contributed by atoms with Crippen molar-refractivity contribution in [2.45, 2.75) is 37.9 Å². The quantitative estimate of drug-likeness (QED) is 0.571. The van der Waals surface area contributed by atoms with E-state index >= 15 is 0 Å². The Bertz CT molecular complexity index is 638. The van der Waals surface area contributed by atoms with Gasteiger partial charge in [0.15, 0.2) is 5.16 Å². The normalized spacial score (nSPS) is 10.7. The van der Waals surface area contributed by atoms with Gasteiger partial charge in [-0.2, -0.15) is 0 Å². The molecule has 23 heavy (non-hydrogen) atoms. The lowest BCUT2D eigenvalue weighted by atomic mass is 10.2. The Hall–Kier alpha value is -2.02. The molecule has 0 saturated carbocycles. The Morgan fingerprint density at radius 1 is 1.30 bits per heavy atom. The monoisotopic (exact) mass is 333 g/mol. The molecule has 0 saturated heterocycles. The lowest BCUT2D eigenvalue weighted by Gasteiger charge is -2.10. The molecular formula is C16H23N5OS. The Morgan fingerprint density at radius 2 is 2.04 bits per heavy atom. The van der Waals surface area contributed by atoms with Crippen LogP contribution in [0.2, 0.25) is 0 Å². The van der Waals surface area contributed by atoms with Gasteiger partial charge in [0.05, 0.1) is 12.3 Å². The molecule has 0 aliphatic heterocycles. The Kier molecular flexibility index (Phi) is 6.46. The summed E-state index contributed by atoms with van der Waals surface area (Å²) in [6.07, 6.45) is 3.06. The van der Waals surface area contributed by atoms with Crippen molar-refractivity contribution < 1.29 is 4.79 Å². The number of anilines is 1. The van der Waals surface area contributed by atoms with E-state index in [1.54, 1.807) is 7.05 Å². The molecule has 1 aromatic carbocycles. The summed E-state index contributed by atoms with van der Waals surface area (Å²) in [7, 11) is 1.63. The first-order valence-electron chi connectivity index (χ1n) is 7.74. The minimum atomic E-state index is -0.0212. The van der Waals surface area contributed by atoms with Crippen molar-refractivity contribution >= 4 is 23.4 Å². The highest BCUT2D eigenvalue weighted by molar-refractivity contribution is 7.99. The number of nitrogens with one attached hydrogen (secondary N) is 1. The van der Waals surface area contributed by atoms with E-state index in [1.165, 1.54) is 11.8 Å². The number of aromatic nitrogens is 3. The van der Waals surface area contributed by atoms with E-state index in [1.807, 2.05) is 24.3 Å². The molecule has 6 nitrogen and oxygen atoms in total. The first kappa shape index (κ1) is 17.3. The number of nitrogens with two attached hydrogens (primary N) is 1. The smallest absolute Gasteiger partial charge is 0.230 e. The van der Waals surface area contributed by atoms with Crippen LogP contribution in [0.3, 0.4) is 0 Å². The van der Waals surface area contributed by atoms with Gasteiger partial charge in [-0.05, 0) is 24.1 Å². The van der Waals surface area contributed by atoms with Crippen LogP contribution in [-0.2, 0) is 17.8 Å². The van der Waals surface area contributed by atoms with E-state index in [9.17, 15) is 4.79 Å². The molecule has 0 aliphatic rings. The van der Waals surface area contributed by atoms with E-state index in [-0.39, 0.29) is 5.91 Å². The number of aryl methyl sites for hydroxylation is 1. The number of carbonyl (C=O) groups is 1. The average Bonchev–Trinajstić information content (AvgIpc) is 2.94. The molecule has 2 rings (SSSR count). The lowest BCUT2D eigenvalue weighted by Crippen LogP contribution is -2.20. The predicted octanol–water partition coefficient (Wildman–Crippen LogP) is 2.09. The Balaban J connectivity index is 2.19. The van der Waals surface area contributed by atoms with Crippen LogP contribution in [-0.4, -0.2) is 33.5 Å². The molecule has 2 aromatic rings. The standard InChI is InChI=1S/C16H23N5OS/c1-3-4-5-14-19-20-16(23-11-15(22)18-2)21(14)10-12-6-8-13(17)9-7-12/h6-9H,3-5,10-11,17H2,1-2H3,(H,18,22). The summed E-state index contributed by atoms with van der Waals surface area (Å²) in [6, 6.07) is 7.80.